The van der Waals surface area contributed by atoms with E-state index in [1.54, 1.807) is 0 Å². The summed E-state index contributed by atoms with van der Waals surface area (Å²) in [5.74, 6) is 1.70. The van der Waals surface area contributed by atoms with E-state index in [9.17, 15) is 0 Å². The average molecular weight is 245 g/mol. The number of benzene rings is 1. The monoisotopic (exact) mass is 245 g/mol. The Morgan fingerprint density at radius 2 is 1.78 bits per heavy atom. The summed E-state index contributed by atoms with van der Waals surface area (Å²) in [6.45, 7) is 16.2. The lowest BCUT2D eigenvalue weighted by atomic mass is 9.84. The van der Waals surface area contributed by atoms with E-state index in [1.807, 2.05) is 0 Å². The van der Waals surface area contributed by atoms with E-state index >= 15 is 0 Å². The van der Waals surface area contributed by atoms with Gasteiger partial charge >= 0.3 is 0 Å². The summed E-state index contributed by atoms with van der Waals surface area (Å²) >= 11 is 0. The van der Waals surface area contributed by atoms with Gasteiger partial charge in [-0.25, -0.2) is 0 Å². The van der Waals surface area contributed by atoms with Crippen molar-refractivity contribution in [2.24, 2.45) is 11.8 Å². The van der Waals surface area contributed by atoms with Gasteiger partial charge in [-0.1, -0.05) is 46.8 Å². The van der Waals surface area contributed by atoms with Gasteiger partial charge in [-0.2, -0.15) is 0 Å². The zero-order chi connectivity index (χ0) is 13.5. The molecule has 1 saturated heterocycles. The minimum absolute atomic E-state index is 0.249. The summed E-state index contributed by atoms with van der Waals surface area (Å²) in [6.07, 6.45) is 0. The zero-order valence-electron chi connectivity index (χ0n) is 12.7. The number of aryl methyl sites for hydroxylation is 1. The van der Waals surface area contributed by atoms with E-state index in [2.05, 4.69) is 64.6 Å². The van der Waals surface area contributed by atoms with Gasteiger partial charge < -0.3 is 4.90 Å². The van der Waals surface area contributed by atoms with Crippen molar-refractivity contribution in [2.75, 3.05) is 18.0 Å². The predicted octanol–water partition coefficient (Wildman–Crippen LogP) is 4.38. The fraction of sp³-hybridized carbons (Fsp3) is 0.647. The maximum absolute atomic E-state index is 2.52. The Hall–Kier alpha value is -0.980. The molecule has 1 nitrogen and oxygen atoms in total. The summed E-state index contributed by atoms with van der Waals surface area (Å²) in [7, 11) is 0. The van der Waals surface area contributed by atoms with Crippen LogP contribution in [0.1, 0.15) is 45.7 Å². The molecule has 1 aromatic rings. The Balaban J connectivity index is 2.13. The van der Waals surface area contributed by atoms with Gasteiger partial charge in [-0.05, 0) is 41.4 Å². The third-order valence-corrected chi connectivity index (χ3v) is 4.26. The molecule has 1 fully saturated rings. The molecular formula is C17H27N. The number of anilines is 1. The van der Waals surface area contributed by atoms with Crippen LogP contribution in [0.5, 0.6) is 0 Å². The highest BCUT2D eigenvalue weighted by Gasteiger charge is 2.30. The van der Waals surface area contributed by atoms with Crippen LogP contribution in [0.4, 0.5) is 5.69 Å². The van der Waals surface area contributed by atoms with Gasteiger partial charge in [0.1, 0.15) is 0 Å². The molecule has 1 heterocycles. The lowest BCUT2D eigenvalue weighted by molar-refractivity contribution is 0.309. The lowest BCUT2D eigenvalue weighted by Gasteiger charge is -2.44. The number of nitrogens with zero attached hydrogens (tertiary/aromatic N) is 1. The molecule has 0 spiro atoms. The minimum atomic E-state index is 0.249. The summed E-state index contributed by atoms with van der Waals surface area (Å²) in [4.78, 5) is 2.52. The van der Waals surface area contributed by atoms with Crippen molar-refractivity contribution < 1.29 is 0 Å². The first-order valence-electron chi connectivity index (χ1n) is 7.15. The Morgan fingerprint density at radius 3 is 2.22 bits per heavy atom. The second-order valence-corrected chi connectivity index (χ2v) is 7.16. The minimum Gasteiger partial charge on any atom is -0.371 e. The maximum atomic E-state index is 2.52. The van der Waals surface area contributed by atoms with Gasteiger partial charge in [-0.3, -0.25) is 0 Å². The Labute approximate surface area is 112 Å². The van der Waals surface area contributed by atoms with Crippen LogP contribution in [0.2, 0.25) is 0 Å². The molecule has 0 radical (unpaired) electrons. The number of hydrogen-bond donors (Lipinski definition) is 0. The molecule has 0 bridgehead atoms. The highest BCUT2D eigenvalue weighted by atomic mass is 15.2. The third kappa shape index (κ3) is 2.55. The van der Waals surface area contributed by atoms with Crippen LogP contribution in [-0.4, -0.2) is 13.1 Å². The van der Waals surface area contributed by atoms with Gasteiger partial charge in [-0.15, -0.1) is 0 Å². The Morgan fingerprint density at radius 1 is 1.17 bits per heavy atom. The predicted molar refractivity (Wildman–Crippen MR) is 80.4 cm³/mol. The van der Waals surface area contributed by atoms with E-state index in [-0.39, 0.29) is 5.41 Å². The van der Waals surface area contributed by atoms with Crippen molar-refractivity contribution in [3.63, 3.8) is 0 Å². The van der Waals surface area contributed by atoms with Crippen LogP contribution in [0.3, 0.4) is 0 Å². The first-order chi connectivity index (χ1) is 8.29. The van der Waals surface area contributed by atoms with Crippen molar-refractivity contribution in [3.05, 3.63) is 29.3 Å². The molecule has 1 aromatic carbocycles. The van der Waals surface area contributed by atoms with Crippen LogP contribution in [0, 0.1) is 18.8 Å². The van der Waals surface area contributed by atoms with E-state index in [0.29, 0.717) is 0 Å². The van der Waals surface area contributed by atoms with Gasteiger partial charge in [0, 0.05) is 18.8 Å². The van der Waals surface area contributed by atoms with Gasteiger partial charge in [0.05, 0.1) is 0 Å². The Bertz CT molecular complexity index is 420. The van der Waals surface area contributed by atoms with Crippen molar-refractivity contribution in [2.45, 2.75) is 47.0 Å². The standard InChI is InChI=1S/C17H27N/c1-12(2)14-10-18(11-14)16-8-7-15(9-13(16)3)17(4,5)6/h7-9,12,14H,10-11H2,1-6H3. The van der Waals surface area contributed by atoms with Gasteiger partial charge in [0.2, 0.25) is 0 Å². The summed E-state index contributed by atoms with van der Waals surface area (Å²) in [6, 6.07) is 6.97. The largest absolute Gasteiger partial charge is 0.371 e. The molecule has 1 aliphatic heterocycles. The van der Waals surface area contributed by atoms with Crippen molar-refractivity contribution in [1.82, 2.24) is 0 Å². The van der Waals surface area contributed by atoms with Gasteiger partial charge in [0.25, 0.3) is 0 Å². The van der Waals surface area contributed by atoms with Crippen LogP contribution >= 0.6 is 0 Å². The number of hydrogen-bond acceptors (Lipinski definition) is 1. The van der Waals surface area contributed by atoms with E-state index in [0.717, 1.165) is 11.8 Å². The van der Waals surface area contributed by atoms with Crippen LogP contribution in [-0.2, 0) is 5.41 Å². The molecule has 2 rings (SSSR count). The molecule has 0 amide bonds. The molecule has 1 heteroatoms. The maximum Gasteiger partial charge on any atom is 0.0396 e. The summed E-state index contributed by atoms with van der Waals surface area (Å²) in [5.41, 5.74) is 4.54. The summed E-state index contributed by atoms with van der Waals surface area (Å²) in [5, 5.41) is 0. The smallest absolute Gasteiger partial charge is 0.0396 e. The van der Waals surface area contributed by atoms with E-state index in [4.69, 9.17) is 0 Å². The van der Waals surface area contributed by atoms with Crippen molar-refractivity contribution >= 4 is 5.69 Å². The van der Waals surface area contributed by atoms with E-state index < -0.39 is 0 Å². The van der Waals surface area contributed by atoms with Crippen LogP contribution in [0.15, 0.2) is 18.2 Å². The highest BCUT2D eigenvalue weighted by Crippen LogP contribution is 2.33. The summed E-state index contributed by atoms with van der Waals surface area (Å²) < 4.78 is 0. The zero-order valence-corrected chi connectivity index (χ0v) is 12.7. The number of rotatable bonds is 2. The second-order valence-electron chi connectivity index (χ2n) is 7.16. The molecule has 0 atom stereocenters. The topological polar surface area (TPSA) is 3.24 Å². The first-order valence-corrected chi connectivity index (χ1v) is 7.15. The van der Waals surface area contributed by atoms with E-state index in [1.165, 1.54) is 29.9 Å². The highest BCUT2D eigenvalue weighted by molar-refractivity contribution is 5.57. The quantitative estimate of drug-likeness (QED) is 0.747. The van der Waals surface area contributed by atoms with Gasteiger partial charge in [0.15, 0.2) is 0 Å². The first kappa shape index (κ1) is 13.5. The Kier molecular flexibility index (Phi) is 3.44. The average Bonchev–Trinajstić information content (AvgIpc) is 2.15. The third-order valence-electron chi connectivity index (χ3n) is 4.26. The SMILES string of the molecule is Cc1cc(C(C)(C)C)ccc1N1CC(C(C)C)C1. The fourth-order valence-corrected chi connectivity index (χ4v) is 2.61. The molecule has 100 valence electrons. The van der Waals surface area contributed by atoms with Crippen LogP contribution in [0.25, 0.3) is 0 Å². The molecule has 0 unspecified atom stereocenters. The molecule has 1 aliphatic rings. The molecule has 0 N–H and O–H groups in total. The second kappa shape index (κ2) is 4.60. The van der Waals surface area contributed by atoms with Crippen LogP contribution < -0.4 is 4.90 Å². The normalized spacial score (nSPS) is 17.2. The molecular weight excluding hydrogens is 218 g/mol. The van der Waals surface area contributed by atoms with Crippen molar-refractivity contribution in [3.8, 4) is 0 Å². The lowest BCUT2D eigenvalue weighted by Crippen LogP contribution is -2.49. The van der Waals surface area contributed by atoms with Crippen molar-refractivity contribution in [1.29, 1.82) is 0 Å². The molecule has 0 saturated carbocycles. The molecule has 0 aliphatic carbocycles. The molecule has 18 heavy (non-hydrogen) atoms. The fourth-order valence-electron chi connectivity index (χ4n) is 2.61. The molecule has 0 aromatic heterocycles.